The minimum atomic E-state index is -0.262. The Labute approximate surface area is 41.2 Å². The van der Waals surface area contributed by atoms with E-state index >= 15 is 0 Å². The first-order valence-corrected chi connectivity index (χ1v) is 1.94. The van der Waals surface area contributed by atoms with Gasteiger partial charge in [-0.25, -0.2) is 4.39 Å². The Kier molecular flexibility index (Phi) is 1.59. The van der Waals surface area contributed by atoms with Crippen molar-refractivity contribution in [2.75, 3.05) is 13.2 Å². The quantitative estimate of drug-likeness (QED) is 0.449. The fraction of sp³-hybridized carbons (Fsp3) is 0.500. The van der Waals surface area contributed by atoms with Crippen LogP contribution in [0.3, 0.4) is 0 Å². The lowest BCUT2D eigenvalue weighted by molar-refractivity contribution is -0.0351. The van der Waals surface area contributed by atoms with Gasteiger partial charge in [0.2, 0.25) is 6.79 Å². The highest BCUT2D eigenvalue weighted by Gasteiger charge is 2.13. The first-order chi connectivity index (χ1) is 3.39. The summed E-state index contributed by atoms with van der Waals surface area (Å²) >= 11 is 0. The largest absolute Gasteiger partial charge is 0.344 e. The summed E-state index contributed by atoms with van der Waals surface area (Å²) in [5.41, 5.74) is 0. The average Bonchev–Trinajstić information content (AvgIpc) is 1.69. The van der Waals surface area contributed by atoms with Crippen LogP contribution in [-0.4, -0.2) is 13.2 Å². The van der Waals surface area contributed by atoms with Gasteiger partial charge < -0.3 is 9.47 Å². The molecule has 0 aliphatic carbocycles. The fourth-order valence-corrected chi connectivity index (χ4v) is 0.339. The first kappa shape index (κ1) is 5.00. The van der Waals surface area contributed by atoms with E-state index in [1.807, 2.05) is 0 Å². The molecule has 1 fully saturated rings. The molecule has 1 aliphatic heterocycles. The predicted molar refractivity (Wildman–Crippen MR) is 20.6 cm³/mol. The molecule has 0 bridgehead atoms. The lowest BCUT2D eigenvalue weighted by Gasteiger charge is -2.12. The summed E-state index contributed by atoms with van der Waals surface area (Å²) in [5.74, 6) is 0. The molecule has 1 rings (SSSR count). The molecule has 2 radical (unpaired) electrons. The molecule has 0 N–H and O–H groups in total. The maximum absolute atomic E-state index is 11.8. The van der Waals surface area contributed by atoms with Crippen molar-refractivity contribution in [2.45, 2.75) is 0 Å². The smallest absolute Gasteiger partial charge is 0.209 e. The molecule has 1 heterocycles. The molecule has 1 aliphatic rings. The molecule has 0 amide bonds. The van der Waals surface area contributed by atoms with Crippen LogP contribution in [-0.2, 0) is 9.47 Å². The van der Waals surface area contributed by atoms with E-state index in [-0.39, 0.29) is 19.4 Å². The molecule has 3 heteroatoms. The van der Waals surface area contributed by atoms with Crippen LogP contribution < -0.4 is 0 Å². The van der Waals surface area contributed by atoms with Gasteiger partial charge in [0.25, 0.3) is 0 Å². The van der Waals surface area contributed by atoms with E-state index in [0.29, 0.717) is 0 Å². The van der Waals surface area contributed by atoms with Crippen LogP contribution in [0.4, 0.5) is 4.39 Å². The molecule has 0 atom stereocenters. The third kappa shape index (κ3) is 1.41. The standard InChI is InChI=1S/C4H5FO2/c5-4-1-6-3-7-2-4/h3H,1-2H2. The van der Waals surface area contributed by atoms with Gasteiger partial charge in [0, 0.05) is 0 Å². The van der Waals surface area contributed by atoms with Crippen molar-refractivity contribution in [2.24, 2.45) is 0 Å². The van der Waals surface area contributed by atoms with Crippen molar-refractivity contribution in [3.63, 3.8) is 0 Å². The average molecular weight is 104 g/mol. The van der Waals surface area contributed by atoms with Gasteiger partial charge in [-0.3, -0.25) is 0 Å². The summed E-state index contributed by atoms with van der Waals surface area (Å²) in [6.07, 6.45) is -0.262. The van der Waals surface area contributed by atoms with Crippen LogP contribution in [0.25, 0.3) is 0 Å². The molecular formula is C4H5FO2. The third-order valence-corrected chi connectivity index (χ3v) is 0.616. The van der Waals surface area contributed by atoms with Crippen molar-refractivity contribution in [3.8, 4) is 0 Å². The van der Waals surface area contributed by atoms with Crippen LogP contribution >= 0.6 is 0 Å². The van der Waals surface area contributed by atoms with Gasteiger partial charge in [0.1, 0.15) is 0 Å². The van der Waals surface area contributed by atoms with Crippen molar-refractivity contribution < 1.29 is 13.9 Å². The van der Waals surface area contributed by atoms with E-state index in [1.54, 1.807) is 0 Å². The van der Waals surface area contributed by atoms with Crippen LogP contribution in [0.2, 0.25) is 0 Å². The topological polar surface area (TPSA) is 18.5 Å². The van der Waals surface area contributed by atoms with Crippen LogP contribution in [0.15, 0.2) is 0 Å². The van der Waals surface area contributed by atoms with E-state index in [9.17, 15) is 4.39 Å². The van der Waals surface area contributed by atoms with Crippen LogP contribution in [0, 0.1) is 13.0 Å². The van der Waals surface area contributed by atoms with Crippen molar-refractivity contribution in [1.29, 1.82) is 0 Å². The van der Waals surface area contributed by atoms with Gasteiger partial charge >= 0.3 is 0 Å². The third-order valence-electron chi connectivity index (χ3n) is 0.616. The number of ether oxygens (including phenoxy) is 2. The zero-order valence-corrected chi connectivity index (χ0v) is 3.69. The van der Waals surface area contributed by atoms with E-state index in [4.69, 9.17) is 0 Å². The minimum Gasteiger partial charge on any atom is -0.344 e. The highest BCUT2D eigenvalue weighted by molar-refractivity contribution is 4.77. The van der Waals surface area contributed by atoms with Gasteiger partial charge in [-0.15, -0.1) is 0 Å². The SMILES string of the molecule is F[C]1CO[CH]OC1. The maximum atomic E-state index is 11.8. The summed E-state index contributed by atoms with van der Waals surface area (Å²) in [5, 5.41) is 0. The molecule has 40 valence electrons. The number of rotatable bonds is 0. The van der Waals surface area contributed by atoms with Crippen LogP contribution in [0.1, 0.15) is 0 Å². The zero-order chi connectivity index (χ0) is 5.11. The van der Waals surface area contributed by atoms with E-state index < -0.39 is 0 Å². The molecular weight excluding hydrogens is 99.0 g/mol. The molecule has 0 spiro atoms. The molecule has 0 aromatic heterocycles. The molecule has 2 nitrogen and oxygen atoms in total. The van der Waals surface area contributed by atoms with Crippen molar-refractivity contribution in [1.82, 2.24) is 0 Å². The highest BCUT2D eigenvalue weighted by atomic mass is 19.1. The number of halogens is 1. The lowest BCUT2D eigenvalue weighted by atomic mass is 10.4. The second kappa shape index (κ2) is 2.23. The molecule has 0 aromatic rings. The van der Waals surface area contributed by atoms with Gasteiger partial charge in [-0.1, -0.05) is 0 Å². The summed E-state index contributed by atoms with van der Waals surface area (Å²) < 4.78 is 20.7. The second-order valence-electron chi connectivity index (χ2n) is 1.24. The zero-order valence-electron chi connectivity index (χ0n) is 3.69. The maximum Gasteiger partial charge on any atom is 0.209 e. The molecule has 1 saturated heterocycles. The Morgan fingerprint density at radius 1 is 1.43 bits per heavy atom. The monoisotopic (exact) mass is 104 g/mol. The Morgan fingerprint density at radius 3 is 2.29 bits per heavy atom. The minimum absolute atomic E-state index is 0.0556. The first-order valence-electron chi connectivity index (χ1n) is 1.94. The summed E-state index contributed by atoms with van der Waals surface area (Å²) in [6, 6.07) is 0. The molecule has 0 aromatic carbocycles. The van der Waals surface area contributed by atoms with Crippen molar-refractivity contribution >= 4 is 0 Å². The lowest BCUT2D eigenvalue weighted by Crippen LogP contribution is -2.14. The second-order valence-corrected chi connectivity index (χ2v) is 1.24. The van der Waals surface area contributed by atoms with Crippen molar-refractivity contribution in [3.05, 3.63) is 13.0 Å². The van der Waals surface area contributed by atoms with Gasteiger partial charge in [-0.05, 0) is 0 Å². The molecule has 7 heavy (non-hydrogen) atoms. The van der Waals surface area contributed by atoms with E-state index in [1.165, 1.54) is 0 Å². The molecule has 0 unspecified atom stereocenters. The Bertz CT molecular complexity index is 51.7. The number of hydrogen-bond donors (Lipinski definition) is 0. The molecule has 0 saturated carbocycles. The van der Waals surface area contributed by atoms with Gasteiger partial charge in [0.05, 0.1) is 13.2 Å². The van der Waals surface area contributed by atoms with E-state index in [0.717, 1.165) is 6.79 Å². The summed E-state index contributed by atoms with van der Waals surface area (Å²) in [7, 11) is 0. The normalized spacial score (nSPS) is 25.3. The van der Waals surface area contributed by atoms with Gasteiger partial charge in [0.15, 0.2) is 6.17 Å². The number of hydrogen-bond acceptors (Lipinski definition) is 2. The van der Waals surface area contributed by atoms with Gasteiger partial charge in [-0.2, -0.15) is 0 Å². The van der Waals surface area contributed by atoms with Crippen LogP contribution in [0.5, 0.6) is 0 Å². The summed E-state index contributed by atoms with van der Waals surface area (Å²) in [6.45, 7) is 1.25. The highest BCUT2D eigenvalue weighted by Crippen LogP contribution is 2.09. The Hall–Kier alpha value is -0.150. The predicted octanol–water partition coefficient (Wildman–Crippen LogP) is 0.654. The Morgan fingerprint density at radius 2 is 2.00 bits per heavy atom. The Balaban J connectivity index is 2.12. The fourth-order valence-electron chi connectivity index (χ4n) is 0.339. The summed E-state index contributed by atoms with van der Waals surface area (Å²) in [4.78, 5) is 0. The van der Waals surface area contributed by atoms with E-state index in [2.05, 4.69) is 9.47 Å².